The van der Waals surface area contributed by atoms with E-state index in [4.69, 9.17) is 28.8 Å². The van der Waals surface area contributed by atoms with Crippen LogP contribution in [-0.4, -0.2) is 37.5 Å². The zero-order chi connectivity index (χ0) is 25.4. The first-order valence-electron chi connectivity index (χ1n) is 11.7. The van der Waals surface area contributed by atoms with E-state index in [0.717, 1.165) is 53.7 Å². The summed E-state index contributed by atoms with van der Waals surface area (Å²) in [4.78, 5) is 12.9. The molecule has 4 aromatic rings. The van der Waals surface area contributed by atoms with E-state index in [9.17, 15) is 4.39 Å². The number of rotatable bonds is 5. The van der Waals surface area contributed by atoms with Crippen LogP contribution in [0.3, 0.4) is 0 Å². The van der Waals surface area contributed by atoms with Crippen molar-refractivity contribution in [1.29, 1.82) is 0 Å². The molecule has 36 heavy (non-hydrogen) atoms. The van der Waals surface area contributed by atoms with E-state index >= 15 is 0 Å². The van der Waals surface area contributed by atoms with Gasteiger partial charge in [0.2, 0.25) is 5.95 Å². The number of hydrogen-bond donors (Lipinski definition) is 4. The van der Waals surface area contributed by atoms with Gasteiger partial charge < -0.3 is 22.5 Å². The Balaban J connectivity index is 1.62. The molecule has 1 aromatic carbocycles. The molecule has 7 N–H and O–H groups in total. The fourth-order valence-corrected chi connectivity index (χ4v) is 4.71. The number of halogens is 2. The van der Waals surface area contributed by atoms with Crippen LogP contribution < -0.4 is 22.5 Å². The van der Waals surface area contributed by atoms with Crippen LogP contribution in [0.15, 0.2) is 47.8 Å². The van der Waals surface area contributed by atoms with Crippen molar-refractivity contribution in [3.05, 3.63) is 65.0 Å². The van der Waals surface area contributed by atoms with E-state index in [1.165, 1.54) is 18.2 Å². The lowest BCUT2D eigenvalue weighted by atomic mass is 9.91. The van der Waals surface area contributed by atoms with Gasteiger partial charge >= 0.3 is 0 Å². The zero-order valence-electron chi connectivity index (χ0n) is 19.7. The van der Waals surface area contributed by atoms with E-state index in [-0.39, 0.29) is 29.6 Å². The van der Waals surface area contributed by atoms with Crippen molar-refractivity contribution in [2.45, 2.75) is 44.7 Å². The fraction of sp³-hybridized carbons (Fsp3) is 0.280. The molecule has 3 heterocycles. The van der Waals surface area contributed by atoms with E-state index in [1.807, 2.05) is 19.2 Å². The van der Waals surface area contributed by atoms with Crippen molar-refractivity contribution in [2.75, 3.05) is 11.1 Å². The van der Waals surface area contributed by atoms with Crippen molar-refractivity contribution in [3.63, 3.8) is 0 Å². The zero-order valence-corrected chi connectivity index (χ0v) is 20.5. The Hall–Kier alpha value is -3.76. The van der Waals surface area contributed by atoms with E-state index in [0.29, 0.717) is 10.6 Å². The summed E-state index contributed by atoms with van der Waals surface area (Å²) in [7, 11) is 0. The number of hydrogen-bond acceptors (Lipinski definition) is 7. The Bertz CT molecular complexity index is 1460. The average Bonchev–Trinajstić information content (AvgIpc) is 3.27. The molecule has 1 aliphatic rings. The van der Waals surface area contributed by atoms with E-state index in [2.05, 4.69) is 25.4 Å². The number of nitrogen functional groups attached to an aromatic ring is 1. The summed E-state index contributed by atoms with van der Waals surface area (Å²) in [6.45, 7) is 1.88. The number of fused-ring (bicyclic) bond motifs is 1. The number of aromatic nitrogens is 4. The van der Waals surface area contributed by atoms with E-state index in [1.54, 1.807) is 16.9 Å². The Morgan fingerprint density at radius 1 is 1.19 bits per heavy atom. The first kappa shape index (κ1) is 24.0. The largest absolute Gasteiger partial charge is 0.383 e. The Morgan fingerprint density at radius 3 is 2.72 bits per heavy atom. The molecule has 5 rings (SSSR count). The monoisotopic (exact) mass is 507 g/mol. The molecule has 1 fully saturated rings. The molecule has 0 saturated heterocycles. The molecule has 1 saturated carbocycles. The fourth-order valence-electron chi connectivity index (χ4n) is 4.55. The molecule has 0 atom stereocenters. The predicted molar refractivity (Wildman–Crippen MR) is 141 cm³/mol. The molecule has 0 bridgehead atoms. The number of amidine groups is 1. The third-order valence-corrected chi connectivity index (χ3v) is 6.81. The van der Waals surface area contributed by atoms with Crippen molar-refractivity contribution >= 4 is 40.3 Å². The molecule has 186 valence electrons. The topological polar surface area (TPSA) is 146 Å². The molecule has 3 aromatic heterocycles. The summed E-state index contributed by atoms with van der Waals surface area (Å²) in [5, 5.41) is 8.52. The minimum Gasteiger partial charge on any atom is -0.383 e. The number of anilines is 2. The second-order valence-electron chi connectivity index (χ2n) is 9.07. The van der Waals surface area contributed by atoms with Gasteiger partial charge in [-0.15, -0.1) is 0 Å². The van der Waals surface area contributed by atoms with E-state index < -0.39 is 5.82 Å². The lowest BCUT2D eigenvalue weighted by molar-refractivity contribution is 0.411. The molecular weight excluding hydrogens is 481 g/mol. The number of nitrogens with one attached hydrogen (secondary N) is 1. The molecular formula is C25H27ClFN9. The number of nitrogens with two attached hydrogens (primary N) is 3. The molecule has 0 radical (unpaired) electrons. The van der Waals surface area contributed by atoms with Gasteiger partial charge in [0.15, 0.2) is 0 Å². The van der Waals surface area contributed by atoms with Crippen LogP contribution in [0.25, 0.3) is 16.6 Å². The van der Waals surface area contributed by atoms with Gasteiger partial charge in [0.25, 0.3) is 0 Å². The first-order chi connectivity index (χ1) is 17.3. The molecule has 1 aliphatic carbocycles. The first-order valence-corrected chi connectivity index (χ1v) is 12.1. The lowest BCUT2D eigenvalue weighted by Gasteiger charge is -2.28. The summed E-state index contributed by atoms with van der Waals surface area (Å²) in [6, 6.07) is 6.39. The SMILES string of the molecule is Cc1nc(N)ncc1-c1cc2c(N[C@H]3CC[C@H](N)CC3)c(C(N)=Nc3cc(F)ccc3Cl)cnn2c1. The van der Waals surface area contributed by atoms with Gasteiger partial charge in [0.1, 0.15) is 11.7 Å². The standard InChI is InChI=1S/C25H27ClFN9/c1-13-18(10-31-25(30)33-13)14-8-22-23(34-17-5-3-16(28)4-6-17)19(11-32-36(22)12-14)24(29)35-21-9-15(27)2-7-20(21)26/h2,7-12,16-17,34H,3-6,28H2,1H3,(H2,29,35)(H2,30,31,33)/t16-,17-. The highest BCUT2D eigenvalue weighted by atomic mass is 35.5. The number of aliphatic imine (C=N–C) groups is 1. The molecule has 9 nitrogen and oxygen atoms in total. The summed E-state index contributed by atoms with van der Waals surface area (Å²) < 4.78 is 15.6. The van der Waals surface area contributed by atoms with Gasteiger partial charge in [-0.1, -0.05) is 11.6 Å². The summed E-state index contributed by atoms with van der Waals surface area (Å²) in [5.74, 6) is -0.0609. The summed E-state index contributed by atoms with van der Waals surface area (Å²) >= 11 is 6.23. The molecule has 0 amide bonds. The van der Waals surface area contributed by atoms with Crippen LogP contribution in [0.4, 0.5) is 21.7 Å². The molecule has 11 heteroatoms. The highest BCUT2D eigenvalue weighted by Crippen LogP contribution is 2.33. The summed E-state index contributed by atoms with van der Waals surface area (Å²) in [6.07, 6.45) is 8.98. The number of aryl methyl sites for hydroxylation is 1. The maximum Gasteiger partial charge on any atom is 0.220 e. The predicted octanol–water partition coefficient (Wildman–Crippen LogP) is 4.19. The second-order valence-corrected chi connectivity index (χ2v) is 9.48. The third-order valence-electron chi connectivity index (χ3n) is 6.49. The van der Waals surface area contributed by atoms with Crippen molar-refractivity contribution in [3.8, 4) is 11.1 Å². The van der Waals surface area contributed by atoms with Gasteiger partial charge in [0, 0.05) is 41.7 Å². The van der Waals surface area contributed by atoms with Crippen LogP contribution in [0.1, 0.15) is 36.9 Å². The normalized spacial score (nSPS) is 18.5. The van der Waals surface area contributed by atoms with Crippen LogP contribution in [-0.2, 0) is 0 Å². The van der Waals surface area contributed by atoms with Gasteiger partial charge in [-0.05, 0) is 50.8 Å². The average molecular weight is 508 g/mol. The minimum atomic E-state index is -0.450. The molecule has 0 unspecified atom stereocenters. The maximum atomic E-state index is 13.8. The second kappa shape index (κ2) is 9.71. The van der Waals surface area contributed by atoms with Crippen LogP contribution in [0.2, 0.25) is 5.02 Å². The summed E-state index contributed by atoms with van der Waals surface area (Å²) in [5.41, 5.74) is 23.2. The Morgan fingerprint density at radius 2 is 1.97 bits per heavy atom. The smallest absolute Gasteiger partial charge is 0.220 e. The number of nitrogens with zero attached hydrogens (tertiary/aromatic N) is 5. The van der Waals surface area contributed by atoms with Crippen LogP contribution in [0, 0.1) is 12.7 Å². The number of benzene rings is 1. The molecule has 0 aliphatic heterocycles. The third kappa shape index (κ3) is 4.82. The lowest BCUT2D eigenvalue weighted by Crippen LogP contribution is -2.33. The quantitative estimate of drug-likeness (QED) is 0.234. The van der Waals surface area contributed by atoms with Gasteiger partial charge in [0.05, 0.1) is 39.4 Å². The van der Waals surface area contributed by atoms with Crippen molar-refractivity contribution in [2.24, 2.45) is 16.5 Å². The van der Waals surface area contributed by atoms with Crippen molar-refractivity contribution < 1.29 is 4.39 Å². The van der Waals surface area contributed by atoms with Gasteiger partial charge in [-0.25, -0.2) is 23.9 Å². The van der Waals surface area contributed by atoms with Gasteiger partial charge in [-0.3, -0.25) is 0 Å². The Labute approximate surface area is 212 Å². The highest BCUT2D eigenvalue weighted by Gasteiger charge is 2.22. The van der Waals surface area contributed by atoms with Crippen molar-refractivity contribution in [1.82, 2.24) is 19.6 Å². The minimum absolute atomic E-state index is 0.169. The van der Waals surface area contributed by atoms with Gasteiger partial charge in [-0.2, -0.15) is 5.10 Å². The molecule has 0 spiro atoms. The Kier molecular flexibility index (Phi) is 6.46. The van der Waals surface area contributed by atoms with Crippen LogP contribution >= 0.6 is 11.6 Å². The highest BCUT2D eigenvalue weighted by molar-refractivity contribution is 6.33. The van der Waals surface area contributed by atoms with Crippen LogP contribution in [0.5, 0.6) is 0 Å². The maximum absolute atomic E-state index is 13.8.